The molecule has 2 rings (SSSR count). The third-order valence-electron chi connectivity index (χ3n) is 3.51. The van der Waals surface area contributed by atoms with Gasteiger partial charge in [0.1, 0.15) is 0 Å². The van der Waals surface area contributed by atoms with E-state index in [2.05, 4.69) is 33.6 Å². The van der Waals surface area contributed by atoms with Crippen LogP contribution in [0.4, 0.5) is 5.95 Å². The number of piperazine rings is 1. The lowest BCUT2D eigenvalue weighted by molar-refractivity contribution is 0.167. The van der Waals surface area contributed by atoms with E-state index in [1.165, 1.54) is 0 Å². The summed E-state index contributed by atoms with van der Waals surface area (Å²) in [5, 5.41) is 0. The lowest BCUT2D eigenvalue weighted by Gasteiger charge is -2.43. The van der Waals surface area contributed by atoms with Crippen molar-refractivity contribution >= 4 is 23.2 Å². The molecule has 1 aliphatic heterocycles. The summed E-state index contributed by atoms with van der Waals surface area (Å²) in [7, 11) is 0. The number of aromatic nitrogens is 2. The van der Waals surface area contributed by atoms with Crippen LogP contribution in [0.1, 0.15) is 13.8 Å². The highest BCUT2D eigenvalue weighted by molar-refractivity contribution is 7.80. The van der Waals surface area contributed by atoms with E-state index in [0.717, 1.165) is 32.1 Å². The summed E-state index contributed by atoms with van der Waals surface area (Å²) in [5.41, 5.74) is 5.58. The highest BCUT2D eigenvalue weighted by atomic mass is 32.1. The Balaban J connectivity index is 1.99. The normalized spacial score (nSPS) is 17.8. The summed E-state index contributed by atoms with van der Waals surface area (Å²) in [5.74, 6) is 0.797. The minimum absolute atomic E-state index is 0.223. The van der Waals surface area contributed by atoms with Crippen molar-refractivity contribution in [3.05, 3.63) is 18.5 Å². The Bertz CT molecular complexity index is 412. The summed E-state index contributed by atoms with van der Waals surface area (Å²) < 4.78 is 0. The van der Waals surface area contributed by atoms with Crippen LogP contribution in [0.25, 0.3) is 0 Å². The van der Waals surface area contributed by atoms with Crippen molar-refractivity contribution < 1.29 is 0 Å². The quantitative estimate of drug-likeness (QED) is 0.810. The van der Waals surface area contributed by atoms with Crippen LogP contribution in [0.15, 0.2) is 18.5 Å². The first-order chi connectivity index (χ1) is 8.51. The molecule has 2 heterocycles. The van der Waals surface area contributed by atoms with Crippen molar-refractivity contribution in [2.75, 3.05) is 31.1 Å². The van der Waals surface area contributed by atoms with Gasteiger partial charge in [-0.1, -0.05) is 12.2 Å². The zero-order valence-corrected chi connectivity index (χ0v) is 11.7. The van der Waals surface area contributed by atoms with Gasteiger partial charge >= 0.3 is 0 Å². The monoisotopic (exact) mass is 265 g/mol. The van der Waals surface area contributed by atoms with Crippen LogP contribution in [0.2, 0.25) is 0 Å². The van der Waals surface area contributed by atoms with Crippen LogP contribution >= 0.6 is 12.2 Å². The van der Waals surface area contributed by atoms with Gasteiger partial charge in [-0.15, -0.1) is 0 Å². The number of anilines is 1. The topological polar surface area (TPSA) is 58.3 Å². The zero-order valence-electron chi connectivity index (χ0n) is 10.8. The predicted molar refractivity (Wildman–Crippen MR) is 76.7 cm³/mol. The van der Waals surface area contributed by atoms with E-state index >= 15 is 0 Å². The molecule has 0 spiro atoms. The molecule has 2 N–H and O–H groups in total. The molecule has 18 heavy (non-hydrogen) atoms. The fraction of sp³-hybridized carbons (Fsp3) is 0.583. The van der Waals surface area contributed by atoms with Crippen LogP contribution in [-0.4, -0.2) is 51.6 Å². The average molecular weight is 265 g/mol. The Kier molecular flexibility index (Phi) is 3.77. The van der Waals surface area contributed by atoms with E-state index in [-0.39, 0.29) is 5.54 Å². The van der Waals surface area contributed by atoms with Gasteiger partial charge in [0.05, 0.1) is 10.5 Å². The lowest BCUT2D eigenvalue weighted by Crippen LogP contribution is -2.59. The van der Waals surface area contributed by atoms with Gasteiger partial charge in [-0.25, -0.2) is 9.97 Å². The second-order valence-electron chi connectivity index (χ2n) is 4.95. The Hall–Kier alpha value is -1.27. The lowest BCUT2D eigenvalue weighted by atomic mass is 10.0. The smallest absolute Gasteiger partial charge is 0.225 e. The van der Waals surface area contributed by atoms with E-state index in [9.17, 15) is 0 Å². The van der Waals surface area contributed by atoms with E-state index in [1.54, 1.807) is 12.4 Å². The first-order valence-electron chi connectivity index (χ1n) is 6.09. The van der Waals surface area contributed by atoms with Gasteiger partial charge in [-0.3, -0.25) is 4.90 Å². The second-order valence-corrected chi connectivity index (χ2v) is 5.39. The largest absolute Gasteiger partial charge is 0.392 e. The van der Waals surface area contributed by atoms with Crippen molar-refractivity contribution in [2.24, 2.45) is 5.73 Å². The second kappa shape index (κ2) is 5.16. The predicted octanol–water partition coefficient (Wildman–Crippen LogP) is 0.663. The molecule has 0 amide bonds. The maximum Gasteiger partial charge on any atom is 0.225 e. The third-order valence-corrected chi connectivity index (χ3v) is 4.01. The van der Waals surface area contributed by atoms with Crippen molar-refractivity contribution in [3.63, 3.8) is 0 Å². The molecule has 6 heteroatoms. The van der Waals surface area contributed by atoms with Crippen molar-refractivity contribution in [3.8, 4) is 0 Å². The Morgan fingerprint density at radius 2 is 1.78 bits per heavy atom. The van der Waals surface area contributed by atoms with Gasteiger partial charge in [0.25, 0.3) is 0 Å². The summed E-state index contributed by atoms with van der Waals surface area (Å²) in [6.45, 7) is 7.78. The number of thiocarbonyl (C=S) groups is 1. The van der Waals surface area contributed by atoms with Crippen LogP contribution in [0.5, 0.6) is 0 Å². The van der Waals surface area contributed by atoms with Gasteiger partial charge < -0.3 is 10.6 Å². The number of nitrogens with zero attached hydrogens (tertiary/aromatic N) is 4. The molecule has 0 radical (unpaired) electrons. The van der Waals surface area contributed by atoms with Crippen LogP contribution < -0.4 is 10.6 Å². The van der Waals surface area contributed by atoms with Gasteiger partial charge in [-0.2, -0.15) is 0 Å². The van der Waals surface area contributed by atoms with Gasteiger partial charge in [0.15, 0.2) is 0 Å². The summed E-state index contributed by atoms with van der Waals surface area (Å²) in [6, 6.07) is 1.83. The first-order valence-corrected chi connectivity index (χ1v) is 6.49. The molecule has 1 saturated heterocycles. The van der Waals surface area contributed by atoms with Crippen molar-refractivity contribution in [2.45, 2.75) is 19.4 Å². The third kappa shape index (κ3) is 2.59. The minimum atomic E-state index is -0.223. The first kappa shape index (κ1) is 13.2. The Labute approximate surface area is 113 Å². The van der Waals surface area contributed by atoms with Gasteiger partial charge in [0.2, 0.25) is 5.95 Å². The highest BCUT2D eigenvalue weighted by Gasteiger charge is 2.32. The molecule has 0 aliphatic carbocycles. The molecule has 1 aliphatic rings. The molecule has 1 aromatic heterocycles. The molecule has 98 valence electrons. The molecule has 0 unspecified atom stereocenters. The SMILES string of the molecule is CC(C)(C(N)=S)N1CCN(c2ncccn2)CC1. The minimum Gasteiger partial charge on any atom is -0.392 e. The molecule has 1 aromatic rings. The molecular formula is C12H19N5S. The fourth-order valence-corrected chi connectivity index (χ4v) is 2.20. The average Bonchev–Trinajstić information content (AvgIpc) is 2.40. The van der Waals surface area contributed by atoms with E-state index in [4.69, 9.17) is 18.0 Å². The van der Waals surface area contributed by atoms with Crippen molar-refractivity contribution in [1.29, 1.82) is 0 Å². The van der Waals surface area contributed by atoms with E-state index < -0.39 is 0 Å². The Morgan fingerprint density at radius 3 is 2.28 bits per heavy atom. The highest BCUT2D eigenvalue weighted by Crippen LogP contribution is 2.19. The zero-order chi connectivity index (χ0) is 13.2. The molecular weight excluding hydrogens is 246 g/mol. The molecule has 1 fully saturated rings. The van der Waals surface area contributed by atoms with Crippen LogP contribution in [0.3, 0.4) is 0 Å². The van der Waals surface area contributed by atoms with E-state index in [0.29, 0.717) is 4.99 Å². The molecule has 0 atom stereocenters. The van der Waals surface area contributed by atoms with Crippen LogP contribution in [-0.2, 0) is 0 Å². The summed E-state index contributed by atoms with van der Waals surface area (Å²) in [6.07, 6.45) is 3.54. The Morgan fingerprint density at radius 1 is 1.22 bits per heavy atom. The number of hydrogen-bond donors (Lipinski definition) is 1. The molecule has 0 aromatic carbocycles. The van der Waals surface area contributed by atoms with Crippen LogP contribution in [0, 0.1) is 0 Å². The van der Waals surface area contributed by atoms with Gasteiger partial charge in [-0.05, 0) is 19.9 Å². The number of rotatable bonds is 3. The molecule has 5 nitrogen and oxygen atoms in total. The van der Waals surface area contributed by atoms with E-state index in [1.807, 2.05) is 6.07 Å². The summed E-state index contributed by atoms with van der Waals surface area (Å²) >= 11 is 5.13. The standard InChI is InChI=1S/C12H19N5S/c1-12(2,10(13)18)17-8-6-16(7-9-17)11-14-4-3-5-15-11/h3-5H,6-9H2,1-2H3,(H2,13,18). The maximum absolute atomic E-state index is 5.80. The molecule has 0 saturated carbocycles. The summed E-state index contributed by atoms with van der Waals surface area (Å²) in [4.78, 5) is 13.6. The molecule has 0 bridgehead atoms. The maximum atomic E-state index is 5.80. The fourth-order valence-electron chi connectivity index (χ4n) is 2.08. The number of hydrogen-bond acceptors (Lipinski definition) is 5. The van der Waals surface area contributed by atoms with Gasteiger partial charge in [0, 0.05) is 38.6 Å². The van der Waals surface area contributed by atoms with Crippen molar-refractivity contribution in [1.82, 2.24) is 14.9 Å². The number of nitrogens with two attached hydrogens (primary N) is 1.